The molecular formula is C44H27Cl2N9O25S6. The molecule has 0 spiro atoms. The molecule has 86 heavy (non-hydrogen) atoms. The predicted octanol–water partition coefficient (Wildman–Crippen LogP) is 13.2. The van der Waals surface area contributed by atoms with Crippen LogP contribution in [0.4, 0.5) is 51.2 Å². The van der Waals surface area contributed by atoms with E-state index in [4.69, 9.17) is 44.7 Å². The summed E-state index contributed by atoms with van der Waals surface area (Å²) in [6.07, 6.45) is 0. The second-order valence-corrected chi connectivity index (χ2v) is 23.6. The predicted molar refractivity (Wildman–Crippen MR) is 296 cm³/mol. The molecule has 8 rings (SSSR count). The van der Waals surface area contributed by atoms with E-state index in [1.165, 1.54) is 36.4 Å². The molecule has 0 radical (unpaired) electrons. The molecule has 0 heterocycles. The van der Waals surface area contributed by atoms with Gasteiger partial charge in [0.25, 0.3) is 30.4 Å². The smallest absolute Gasteiger partial charge is 0.338 e. The maximum absolute atomic E-state index is 13.1. The summed E-state index contributed by atoms with van der Waals surface area (Å²) in [5.41, 5.74) is -0.105. The van der Waals surface area contributed by atoms with E-state index in [2.05, 4.69) is 69.0 Å². The average molecular weight is 1350 g/mol. The summed E-state index contributed by atoms with van der Waals surface area (Å²) in [6, 6.07) is 14.2. The number of nitrogens with two attached hydrogens (primary N) is 1. The number of phenolic OH excluding ortho intramolecular Hbond substituents is 3. The zero-order valence-electron chi connectivity index (χ0n) is 41.1. The van der Waals surface area contributed by atoms with Crippen molar-refractivity contribution < 1.29 is 118 Å². The van der Waals surface area contributed by atoms with Crippen LogP contribution in [-0.2, 0) is 58.5 Å². The fourth-order valence-corrected chi connectivity index (χ4v) is 11.9. The van der Waals surface area contributed by atoms with E-state index in [0.29, 0.717) is 36.2 Å². The van der Waals surface area contributed by atoms with Gasteiger partial charge in [-0.25, -0.2) is 25.4 Å². The minimum absolute atomic E-state index is 0.0325. The van der Waals surface area contributed by atoms with Crippen molar-refractivity contribution in [2.45, 2.75) is 29.4 Å². The third-order valence-corrected chi connectivity index (χ3v) is 16.3. The van der Waals surface area contributed by atoms with E-state index < -0.39 is 151 Å². The van der Waals surface area contributed by atoms with Crippen LogP contribution in [0.15, 0.2) is 155 Å². The van der Waals surface area contributed by atoms with Gasteiger partial charge in [0.1, 0.15) is 54.5 Å². The standard InChI is InChI=1S/C44H27Cl2N9O25S6/c45-16-9-24(44(61)62)35(25(46)10-16)52-55-38-32(85(69,70)71)13-21-20(40(38)57)4-6-27(42(21)86(72,73)74)50-51-28-14-31(84(66,67)68)23-12-30(83-80-77-65)37(41(58)33(23)34(28)47)53-48-17-1-3-19-15(7-17)8-29(82-79-76-64)36(39(19)56)54-49-26-5-2-18(81-78-75-63)11-22(26)43(59)60/h1-14,56-58,63-65H,47H2,(H,59,60)(H,61,62)(H,66,67,68)(H,69,70,71)(H,72,73,74). The molecule has 0 aliphatic carbocycles. The molecule has 8 aromatic rings. The van der Waals surface area contributed by atoms with Crippen LogP contribution in [0.2, 0.25) is 10.0 Å². The van der Waals surface area contributed by atoms with Gasteiger partial charge in [-0.05, 0) is 90.3 Å². The van der Waals surface area contributed by atoms with Crippen LogP contribution in [-0.4, -0.2) is 92.2 Å². The molecule has 0 saturated carbocycles. The second kappa shape index (κ2) is 26.0. The molecule has 0 saturated heterocycles. The number of aromatic carboxylic acids is 2. The Morgan fingerprint density at radius 2 is 1.03 bits per heavy atom. The Morgan fingerprint density at radius 3 is 1.66 bits per heavy atom. The molecule has 0 fully saturated rings. The summed E-state index contributed by atoms with van der Waals surface area (Å²) in [5, 5.41) is 119. The van der Waals surface area contributed by atoms with Crippen LogP contribution in [0.5, 0.6) is 17.2 Å². The maximum Gasteiger partial charge on any atom is 0.338 e. The number of aromatic hydroxyl groups is 3. The zero-order valence-corrected chi connectivity index (χ0v) is 47.5. The van der Waals surface area contributed by atoms with Crippen LogP contribution in [0.3, 0.4) is 0 Å². The number of hydrogen-bond donors (Lipinski definition) is 12. The van der Waals surface area contributed by atoms with Crippen LogP contribution < -0.4 is 5.73 Å². The number of rotatable bonds is 22. The SMILES string of the molecule is Nc1c(N=Nc2ccc3c(O)c(N=Nc4c(Cl)cc(Cl)cc4C(=O)O)c(S(=O)(=O)O)cc3c2S(=O)(=O)O)cc(S(=O)(=O)O)c2cc(SOOO)c(N=Nc3ccc4c(O)c(N=Nc5ccc(SOOO)cc5C(=O)O)c(SOOO)cc4c3)c(O)c12. The van der Waals surface area contributed by atoms with Crippen LogP contribution >= 0.6 is 59.3 Å². The van der Waals surface area contributed by atoms with Crippen molar-refractivity contribution in [1.82, 2.24) is 0 Å². The number of azo groups is 4. The Kier molecular flexibility index (Phi) is 19.3. The molecule has 42 heteroatoms. The quantitative estimate of drug-likeness (QED) is 0.00749. The minimum Gasteiger partial charge on any atom is -0.505 e. The van der Waals surface area contributed by atoms with Gasteiger partial charge in [0, 0.05) is 31.5 Å². The molecule has 13 N–H and O–H groups in total. The summed E-state index contributed by atoms with van der Waals surface area (Å²) in [7, 11) is -16.6. The molecule has 0 bridgehead atoms. The fourth-order valence-electron chi connectivity index (χ4n) is 7.79. The molecule has 34 nitrogen and oxygen atoms in total. The first-order chi connectivity index (χ1) is 40.6. The van der Waals surface area contributed by atoms with Crippen molar-refractivity contribution in [1.29, 1.82) is 0 Å². The van der Waals surface area contributed by atoms with Crippen molar-refractivity contribution in [3.8, 4) is 17.2 Å². The monoisotopic (exact) mass is 1340 g/mol. The Bertz CT molecular complexity index is 4640. The van der Waals surface area contributed by atoms with Gasteiger partial charge >= 0.3 is 11.9 Å². The average Bonchev–Trinajstić information content (AvgIpc) is 2.14. The van der Waals surface area contributed by atoms with Crippen LogP contribution in [0.25, 0.3) is 32.3 Å². The first-order valence-corrected chi connectivity index (χ1v) is 29.3. The van der Waals surface area contributed by atoms with E-state index in [1.54, 1.807) is 0 Å². The van der Waals surface area contributed by atoms with Crippen molar-refractivity contribution in [3.63, 3.8) is 0 Å². The number of phenols is 3. The van der Waals surface area contributed by atoms with Crippen molar-refractivity contribution in [2.24, 2.45) is 40.9 Å². The topological polar surface area (TPSA) is 539 Å². The third kappa shape index (κ3) is 13.7. The summed E-state index contributed by atoms with van der Waals surface area (Å²) in [6.45, 7) is 0. The van der Waals surface area contributed by atoms with Crippen LogP contribution in [0, 0.1) is 0 Å². The first kappa shape index (κ1) is 64.1. The lowest BCUT2D eigenvalue weighted by atomic mass is 10.0. The Labute approximate surface area is 499 Å². The molecule has 0 aliphatic rings. The Morgan fingerprint density at radius 1 is 0.488 bits per heavy atom. The van der Waals surface area contributed by atoms with E-state index in [-0.39, 0.29) is 54.7 Å². The molecule has 0 atom stereocenters. The van der Waals surface area contributed by atoms with E-state index in [1.807, 2.05) is 0 Å². The summed E-state index contributed by atoms with van der Waals surface area (Å²) in [4.78, 5) is 19.8. The molecule has 0 aromatic heterocycles. The summed E-state index contributed by atoms with van der Waals surface area (Å²) < 4.78 is 122. The normalized spacial score (nSPS) is 12.6. The van der Waals surface area contributed by atoms with Crippen molar-refractivity contribution in [3.05, 3.63) is 106 Å². The highest BCUT2D eigenvalue weighted by Gasteiger charge is 2.30. The highest BCUT2D eigenvalue weighted by molar-refractivity contribution is 7.95. The molecule has 0 amide bonds. The van der Waals surface area contributed by atoms with Gasteiger partial charge < -0.3 is 31.3 Å². The number of fused-ring (bicyclic) bond motifs is 3. The highest BCUT2D eigenvalue weighted by Crippen LogP contribution is 2.52. The van der Waals surface area contributed by atoms with Gasteiger partial charge in [-0.1, -0.05) is 38.3 Å². The van der Waals surface area contributed by atoms with Gasteiger partial charge in [0.2, 0.25) is 0 Å². The summed E-state index contributed by atoms with van der Waals surface area (Å²) >= 11 is 12.9. The van der Waals surface area contributed by atoms with Crippen molar-refractivity contribution >= 4 is 185 Å². The highest BCUT2D eigenvalue weighted by atomic mass is 35.5. The van der Waals surface area contributed by atoms with E-state index in [9.17, 15) is 74.0 Å². The Hall–Kier alpha value is -7.92. The van der Waals surface area contributed by atoms with Gasteiger partial charge in [0.15, 0.2) is 17.2 Å². The first-order valence-electron chi connectivity index (χ1n) is 22.0. The lowest BCUT2D eigenvalue weighted by Crippen LogP contribution is -2.03. The van der Waals surface area contributed by atoms with Gasteiger partial charge in [-0.2, -0.15) is 30.4 Å². The van der Waals surface area contributed by atoms with Gasteiger partial charge in [-0.15, -0.1) is 48.8 Å². The van der Waals surface area contributed by atoms with E-state index in [0.717, 1.165) is 36.4 Å². The third-order valence-electron chi connectivity index (χ3n) is 11.3. The number of carbonyl (C=O) groups is 2. The summed E-state index contributed by atoms with van der Waals surface area (Å²) in [5.74, 6) is -6.01. The molecular weight excluding hydrogens is 1320 g/mol. The van der Waals surface area contributed by atoms with Crippen molar-refractivity contribution in [2.75, 3.05) is 5.73 Å². The Balaban J connectivity index is 1.24. The second-order valence-electron chi connectivity index (χ2n) is 16.3. The molecule has 0 unspecified atom stereocenters. The fraction of sp³-hybridized carbons (Fsp3) is 0. The molecule has 8 aromatic carbocycles. The maximum atomic E-state index is 13.1. The number of anilines is 1. The molecule has 0 aliphatic heterocycles. The number of carboxylic acids is 2. The number of nitrogen functional groups attached to an aromatic ring is 1. The largest absolute Gasteiger partial charge is 0.505 e. The number of carboxylic acid groups (broad SMARTS) is 2. The van der Waals surface area contributed by atoms with Crippen LogP contribution in [0.1, 0.15) is 20.7 Å². The van der Waals surface area contributed by atoms with Gasteiger partial charge in [0.05, 0.1) is 78.8 Å². The zero-order chi connectivity index (χ0) is 62.7. The minimum atomic E-state index is -5.64. The number of benzene rings is 8. The van der Waals surface area contributed by atoms with E-state index >= 15 is 0 Å². The number of nitrogens with zero attached hydrogens (tertiary/aromatic N) is 8. The van der Waals surface area contributed by atoms with Gasteiger partial charge in [-0.3, -0.25) is 13.7 Å². The number of hydrogen-bond acceptors (Lipinski definition) is 32. The lowest BCUT2D eigenvalue weighted by molar-refractivity contribution is -0.432. The molecule has 448 valence electrons. The lowest BCUT2D eigenvalue weighted by Gasteiger charge is -2.15. The number of halogens is 2.